The van der Waals surface area contributed by atoms with E-state index >= 15 is 0 Å². The Labute approximate surface area is 154 Å². The zero-order valence-electron chi connectivity index (χ0n) is 16.0. The van der Waals surface area contributed by atoms with Crippen molar-refractivity contribution in [1.29, 1.82) is 0 Å². The molecule has 1 aliphatic heterocycles. The zero-order valence-corrected chi connectivity index (χ0v) is 16.0. The first-order valence-corrected chi connectivity index (χ1v) is 9.03. The number of hydrogen-bond donors (Lipinski definition) is 2. The Kier molecular flexibility index (Phi) is 6.05. The normalized spacial score (nSPS) is 17.7. The molecular formula is C20H28N2O4. The highest BCUT2D eigenvalue weighted by Crippen LogP contribution is 2.24. The minimum absolute atomic E-state index is 0.0181. The molecule has 0 radical (unpaired) electrons. The average molecular weight is 360 g/mol. The third-order valence-corrected chi connectivity index (χ3v) is 4.87. The maximum Gasteiger partial charge on any atom is 0.309 e. The van der Waals surface area contributed by atoms with Crippen LogP contribution in [0.25, 0.3) is 0 Å². The summed E-state index contributed by atoms with van der Waals surface area (Å²) in [5.41, 5.74) is 0.862. The highest BCUT2D eigenvalue weighted by molar-refractivity contribution is 5.97. The number of carbonyl (C=O) groups excluding carboxylic acids is 2. The third-order valence-electron chi connectivity index (χ3n) is 4.87. The number of likely N-dealkylation sites (tertiary alicyclic amines) is 1. The fourth-order valence-corrected chi connectivity index (χ4v) is 3.16. The molecule has 2 amide bonds. The van der Waals surface area contributed by atoms with E-state index in [1.807, 2.05) is 11.8 Å². The highest BCUT2D eigenvalue weighted by Gasteiger charge is 2.30. The largest absolute Gasteiger partial charge is 0.481 e. The number of nitrogens with one attached hydrogen (secondary N) is 1. The van der Waals surface area contributed by atoms with E-state index in [-0.39, 0.29) is 18.2 Å². The second-order valence-corrected chi connectivity index (χ2v) is 7.94. The van der Waals surface area contributed by atoms with Crippen molar-refractivity contribution >= 4 is 23.5 Å². The molecular weight excluding hydrogens is 332 g/mol. The van der Waals surface area contributed by atoms with Crippen LogP contribution in [0.1, 0.15) is 56.0 Å². The van der Waals surface area contributed by atoms with Crippen molar-refractivity contribution in [3.05, 3.63) is 29.3 Å². The minimum atomic E-state index is -1.13. The van der Waals surface area contributed by atoms with Gasteiger partial charge >= 0.3 is 5.97 Å². The van der Waals surface area contributed by atoms with Gasteiger partial charge in [-0.3, -0.25) is 14.4 Å². The second-order valence-electron chi connectivity index (χ2n) is 7.94. The van der Waals surface area contributed by atoms with Crippen molar-refractivity contribution in [2.75, 3.05) is 18.4 Å². The Morgan fingerprint density at radius 3 is 2.58 bits per heavy atom. The fraction of sp³-hybridized carbons (Fsp3) is 0.550. The van der Waals surface area contributed by atoms with Crippen molar-refractivity contribution in [3.8, 4) is 0 Å². The summed E-state index contributed by atoms with van der Waals surface area (Å²) < 4.78 is 0. The summed E-state index contributed by atoms with van der Waals surface area (Å²) in [6.45, 7) is 8.58. The molecule has 6 nitrogen and oxygen atoms in total. The molecule has 0 spiro atoms. The lowest BCUT2D eigenvalue weighted by Gasteiger charge is -2.31. The molecule has 0 saturated carbocycles. The molecule has 0 aliphatic carbocycles. The van der Waals surface area contributed by atoms with Crippen LogP contribution < -0.4 is 5.32 Å². The lowest BCUT2D eigenvalue weighted by molar-refractivity contribution is -0.148. The number of carboxylic acids is 1. The van der Waals surface area contributed by atoms with Crippen molar-refractivity contribution in [2.45, 2.75) is 47.0 Å². The van der Waals surface area contributed by atoms with Crippen LogP contribution in [0.15, 0.2) is 18.2 Å². The number of piperidine rings is 1. The predicted octanol–water partition coefficient (Wildman–Crippen LogP) is 3.31. The highest BCUT2D eigenvalue weighted by atomic mass is 16.4. The van der Waals surface area contributed by atoms with Crippen LogP contribution in [-0.4, -0.2) is 40.9 Å². The van der Waals surface area contributed by atoms with E-state index in [1.54, 1.807) is 18.2 Å². The Hall–Kier alpha value is -2.37. The minimum Gasteiger partial charge on any atom is -0.481 e. The Balaban J connectivity index is 2.06. The van der Waals surface area contributed by atoms with Crippen LogP contribution in [0.3, 0.4) is 0 Å². The van der Waals surface area contributed by atoms with Gasteiger partial charge in [-0.1, -0.05) is 6.92 Å². The average Bonchev–Trinajstić information content (AvgIpc) is 2.55. The molecule has 142 valence electrons. The Morgan fingerprint density at radius 2 is 2.00 bits per heavy atom. The molecule has 6 heteroatoms. The summed E-state index contributed by atoms with van der Waals surface area (Å²) in [5.74, 6) is -0.833. The van der Waals surface area contributed by atoms with Gasteiger partial charge in [0.2, 0.25) is 5.91 Å². The van der Waals surface area contributed by atoms with E-state index in [0.717, 1.165) is 31.5 Å². The van der Waals surface area contributed by atoms with Crippen molar-refractivity contribution in [1.82, 2.24) is 4.90 Å². The first kappa shape index (κ1) is 19.9. The van der Waals surface area contributed by atoms with E-state index in [1.165, 1.54) is 13.8 Å². The van der Waals surface area contributed by atoms with Crippen LogP contribution in [0.5, 0.6) is 0 Å². The van der Waals surface area contributed by atoms with E-state index in [9.17, 15) is 14.4 Å². The van der Waals surface area contributed by atoms with Crippen LogP contribution in [0.4, 0.5) is 5.69 Å². The van der Waals surface area contributed by atoms with Gasteiger partial charge in [-0.25, -0.2) is 0 Å². The van der Waals surface area contributed by atoms with E-state index in [0.29, 0.717) is 17.2 Å². The van der Waals surface area contributed by atoms with Gasteiger partial charge in [0, 0.05) is 30.8 Å². The third kappa shape index (κ3) is 4.84. The molecule has 1 aliphatic rings. The van der Waals surface area contributed by atoms with Crippen molar-refractivity contribution < 1.29 is 19.5 Å². The standard InChI is InChI=1S/C20H28N2O4/c1-13-6-5-9-22(12-13)18(24)15-7-8-16(14(2)10-15)21-17(23)11-20(3,4)19(25)26/h7-8,10,13H,5-6,9,11-12H2,1-4H3,(H,21,23)(H,25,26). The van der Waals surface area contributed by atoms with Gasteiger partial charge in [-0.05, 0) is 63.3 Å². The van der Waals surface area contributed by atoms with Crippen molar-refractivity contribution in [3.63, 3.8) is 0 Å². The van der Waals surface area contributed by atoms with Gasteiger partial charge in [0.05, 0.1) is 5.41 Å². The molecule has 2 rings (SSSR count). The number of anilines is 1. The Bertz CT molecular complexity index is 712. The predicted molar refractivity (Wildman–Crippen MR) is 100 cm³/mol. The van der Waals surface area contributed by atoms with E-state index < -0.39 is 11.4 Å². The summed E-state index contributed by atoms with van der Waals surface area (Å²) in [4.78, 5) is 37.8. The molecule has 1 aromatic carbocycles. The maximum atomic E-state index is 12.7. The lowest BCUT2D eigenvalue weighted by Crippen LogP contribution is -2.39. The molecule has 0 bridgehead atoms. The molecule has 2 N–H and O–H groups in total. The smallest absolute Gasteiger partial charge is 0.309 e. The summed E-state index contributed by atoms with van der Waals surface area (Å²) in [6.07, 6.45) is 2.06. The summed E-state index contributed by atoms with van der Waals surface area (Å²) in [7, 11) is 0. The number of carboxylic acid groups (broad SMARTS) is 1. The quantitative estimate of drug-likeness (QED) is 0.843. The summed E-state index contributed by atoms with van der Waals surface area (Å²) >= 11 is 0. The molecule has 1 heterocycles. The van der Waals surface area contributed by atoms with Gasteiger partial charge in [0.25, 0.3) is 5.91 Å². The maximum absolute atomic E-state index is 12.7. The molecule has 1 fully saturated rings. The molecule has 1 saturated heterocycles. The number of rotatable bonds is 5. The molecule has 1 aromatic rings. The Morgan fingerprint density at radius 1 is 1.31 bits per heavy atom. The van der Waals surface area contributed by atoms with Crippen LogP contribution in [-0.2, 0) is 9.59 Å². The van der Waals surface area contributed by atoms with E-state index in [4.69, 9.17) is 5.11 Å². The first-order valence-electron chi connectivity index (χ1n) is 9.03. The number of hydrogen-bond acceptors (Lipinski definition) is 3. The van der Waals surface area contributed by atoms with Crippen LogP contribution >= 0.6 is 0 Å². The van der Waals surface area contributed by atoms with Gasteiger partial charge in [-0.2, -0.15) is 0 Å². The molecule has 1 unspecified atom stereocenters. The number of aliphatic carboxylic acids is 1. The topological polar surface area (TPSA) is 86.7 Å². The monoisotopic (exact) mass is 360 g/mol. The molecule has 0 aromatic heterocycles. The number of amides is 2. The second kappa shape index (κ2) is 7.89. The van der Waals surface area contributed by atoms with E-state index in [2.05, 4.69) is 12.2 Å². The molecule has 1 atom stereocenters. The number of carbonyl (C=O) groups is 3. The van der Waals surface area contributed by atoms with Gasteiger partial charge in [0.15, 0.2) is 0 Å². The van der Waals surface area contributed by atoms with Crippen molar-refractivity contribution in [2.24, 2.45) is 11.3 Å². The van der Waals surface area contributed by atoms with Crippen LogP contribution in [0.2, 0.25) is 0 Å². The first-order chi connectivity index (χ1) is 12.1. The van der Waals surface area contributed by atoms with Gasteiger partial charge in [-0.15, -0.1) is 0 Å². The lowest BCUT2D eigenvalue weighted by atomic mass is 9.89. The summed E-state index contributed by atoms with van der Waals surface area (Å²) in [5, 5.41) is 11.9. The zero-order chi connectivity index (χ0) is 19.5. The number of nitrogens with zero attached hydrogens (tertiary/aromatic N) is 1. The number of aryl methyl sites for hydroxylation is 1. The molecule has 26 heavy (non-hydrogen) atoms. The number of benzene rings is 1. The SMILES string of the molecule is Cc1cc(C(=O)N2CCCC(C)C2)ccc1NC(=O)CC(C)(C)C(=O)O. The fourth-order valence-electron chi connectivity index (χ4n) is 3.16. The van der Waals surface area contributed by atoms with Gasteiger partial charge < -0.3 is 15.3 Å². The summed E-state index contributed by atoms with van der Waals surface area (Å²) in [6, 6.07) is 5.20. The van der Waals surface area contributed by atoms with Crippen LogP contribution in [0, 0.1) is 18.3 Å². The van der Waals surface area contributed by atoms with Gasteiger partial charge in [0.1, 0.15) is 0 Å².